The minimum absolute atomic E-state index is 0.0124. The van der Waals surface area contributed by atoms with Crippen LogP contribution in [0.25, 0.3) is 0 Å². The van der Waals surface area contributed by atoms with Crippen LogP contribution in [-0.4, -0.2) is 20.3 Å². The number of rotatable bonds is 4. The average molecular weight is 482 g/mol. The van der Waals surface area contributed by atoms with Gasteiger partial charge in [0.15, 0.2) is 0 Å². The van der Waals surface area contributed by atoms with Crippen molar-refractivity contribution in [2.45, 2.75) is 30.0 Å². The summed E-state index contributed by atoms with van der Waals surface area (Å²) in [6.07, 6.45) is -12.2. The van der Waals surface area contributed by atoms with Crippen molar-refractivity contribution >= 4 is 16.2 Å². The van der Waals surface area contributed by atoms with Gasteiger partial charge in [-0.3, -0.25) is 0 Å². The number of hydrogen-bond donors (Lipinski definition) is 1. The molecule has 32 heavy (non-hydrogen) atoms. The summed E-state index contributed by atoms with van der Waals surface area (Å²) >= 11 is 0. The first-order valence-corrected chi connectivity index (χ1v) is 9.72. The number of alkyl halides is 6. The number of benzene rings is 2. The highest BCUT2D eigenvalue weighted by atomic mass is 32.2. The van der Waals surface area contributed by atoms with Crippen LogP contribution in [0.1, 0.15) is 18.1 Å². The van der Waals surface area contributed by atoms with E-state index in [1.165, 1.54) is 13.0 Å². The van der Waals surface area contributed by atoms with E-state index in [9.17, 15) is 44.7 Å². The maximum atomic E-state index is 13.0. The van der Waals surface area contributed by atoms with E-state index in [4.69, 9.17) is 0 Å². The van der Waals surface area contributed by atoms with Crippen LogP contribution in [0.3, 0.4) is 0 Å². The molecule has 1 unspecified atom stereocenters. The van der Waals surface area contributed by atoms with E-state index in [0.29, 0.717) is 0 Å². The van der Waals surface area contributed by atoms with Gasteiger partial charge >= 0.3 is 22.5 Å². The van der Waals surface area contributed by atoms with Crippen molar-refractivity contribution < 1.29 is 48.8 Å². The first-order chi connectivity index (χ1) is 14.5. The van der Waals surface area contributed by atoms with Gasteiger partial charge < -0.3 is 19.4 Å². The summed E-state index contributed by atoms with van der Waals surface area (Å²) in [4.78, 5) is 17.2. The van der Waals surface area contributed by atoms with E-state index in [-0.39, 0.29) is 28.9 Å². The Bertz CT molecular complexity index is 1290. The lowest BCUT2D eigenvalue weighted by molar-refractivity contribution is -0.252. The second-order valence-corrected chi connectivity index (χ2v) is 8.13. The molecule has 2 aromatic carbocycles. The molecule has 2 aromatic rings. The number of nitrogens with one attached hydrogen (secondary N) is 1. The zero-order valence-corrected chi connectivity index (χ0v) is 16.4. The van der Waals surface area contributed by atoms with Crippen LogP contribution in [0, 0.1) is 0 Å². The van der Waals surface area contributed by atoms with E-state index in [1.807, 2.05) is 5.32 Å². The molecule has 1 heterocycles. The van der Waals surface area contributed by atoms with E-state index >= 15 is 0 Å². The molecular weight excluding hydrogens is 472 g/mol. The molecule has 0 saturated heterocycles. The van der Waals surface area contributed by atoms with Crippen LogP contribution in [0.15, 0.2) is 51.3 Å². The summed E-state index contributed by atoms with van der Waals surface area (Å²) in [5.41, 5.74) is -3.66. The van der Waals surface area contributed by atoms with Crippen molar-refractivity contribution in [2.24, 2.45) is 9.98 Å². The van der Waals surface area contributed by atoms with Crippen LogP contribution in [0.2, 0.25) is 0 Å². The standard InChI is InChI=1S/C17H11F6N3O5S/c1-15(26-14(27)28)24-12-3-2-10(7-13(12)25-15)31-32(29,30)11-5-8(16(18,19)20)4-9(6-11)17(21,22)23/h2-7,26H,1H3,(H,27,28)/p-1. The summed E-state index contributed by atoms with van der Waals surface area (Å²) in [6.45, 7) is 1.25. The molecule has 0 aromatic heterocycles. The van der Waals surface area contributed by atoms with Gasteiger partial charge in [-0.2, -0.15) is 34.8 Å². The van der Waals surface area contributed by atoms with Gasteiger partial charge in [0.25, 0.3) is 0 Å². The largest absolute Gasteiger partial charge is 0.530 e. The third kappa shape index (κ3) is 4.92. The number of amides is 1. The average Bonchev–Trinajstić information content (AvgIpc) is 2.93. The summed E-state index contributed by atoms with van der Waals surface area (Å²) < 4.78 is 107. The van der Waals surface area contributed by atoms with Crippen molar-refractivity contribution in [1.29, 1.82) is 0 Å². The van der Waals surface area contributed by atoms with Gasteiger partial charge in [-0.05, 0) is 30.3 Å². The maximum absolute atomic E-state index is 13.0. The lowest BCUT2D eigenvalue weighted by Crippen LogP contribution is -2.48. The van der Waals surface area contributed by atoms with Gasteiger partial charge in [0.05, 0.1) is 21.8 Å². The smallest absolute Gasteiger partial charge is 0.416 e. The lowest BCUT2D eigenvalue weighted by atomic mass is 10.1. The van der Waals surface area contributed by atoms with Crippen molar-refractivity contribution in [2.75, 3.05) is 0 Å². The van der Waals surface area contributed by atoms with Crippen molar-refractivity contribution in [3.8, 4) is 5.75 Å². The predicted molar refractivity (Wildman–Crippen MR) is 90.0 cm³/mol. The Morgan fingerprint density at radius 3 is 2.00 bits per heavy atom. The number of carboxylic acid groups (broad SMARTS) is 1. The number of halogens is 6. The van der Waals surface area contributed by atoms with Gasteiger partial charge in [0.1, 0.15) is 16.7 Å². The van der Waals surface area contributed by atoms with Crippen molar-refractivity contribution in [3.63, 3.8) is 0 Å². The van der Waals surface area contributed by atoms with Crippen LogP contribution in [0.4, 0.5) is 31.1 Å². The monoisotopic (exact) mass is 482 g/mol. The molecule has 1 atom stereocenters. The third-order valence-corrected chi connectivity index (χ3v) is 5.24. The van der Waals surface area contributed by atoms with E-state index < -0.39 is 56.1 Å². The summed E-state index contributed by atoms with van der Waals surface area (Å²) in [5, 5.41) is 12.7. The zero-order chi connectivity index (χ0) is 24.1. The number of fused-ring (bicyclic) bond motifs is 1. The molecule has 1 amide bonds. The van der Waals surface area contributed by atoms with Gasteiger partial charge in [-0.25, -0.2) is 9.98 Å². The topological polar surface area (TPSA) is 120 Å². The second kappa shape index (κ2) is 7.36. The predicted octanol–water partition coefficient (Wildman–Crippen LogP) is 1.35. The molecule has 0 fully saturated rings. The Morgan fingerprint density at radius 2 is 1.50 bits per heavy atom. The van der Waals surface area contributed by atoms with E-state index in [1.54, 1.807) is 0 Å². The van der Waals surface area contributed by atoms with E-state index in [2.05, 4.69) is 14.2 Å². The molecular formula is C17H10F6N3O5S-. The highest BCUT2D eigenvalue weighted by molar-refractivity contribution is 7.87. The van der Waals surface area contributed by atoms with Gasteiger partial charge in [-0.1, -0.05) is 0 Å². The van der Waals surface area contributed by atoms with Gasteiger partial charge in [0.2, 0.25) is 5.79 Å². The number of carbonyl (C=O) groups excluding carboxylic acids is 1. The first kappa shape index (κ1) is 23.3. The van der Waals surface area contributed by atoms with Crippen LogP contribution in [0.5, 0.6) is 5.75 Å². The van der Waals surface area contributed by atoms with Crippen molar-refractivity contribution in [3.05, 3.63) is 58.2 Å². The molecule has 1 aliphatic heterocycles. The van der Waals surface area contributed by atoms with Crippen LogP contribution in [-0.2, 0) is 22.5 Å². The molecule has 3 rings (SSSR count). The minimum Gasteiger partial charge on any atom is -0.530 e. The summed E-state index contributed by atoms with van der Waals surface area (Å²) in [5.74, 6) is -2.19. The Kier molecular flexibility index (Phi) is 5.36. The molecule has 0 saturated carbocycles. The minimum atomic E-state index is -5.25. The SMILES string of the molecule is CC1(NC(=O)[O-])N=c2ccc(OS(=O)(=O)c3cc(C(F)(F)F)cc(C(F)(F)F)c3)cc2=N1. The Labute approximate surface area is 175 Å². The normalized spacial score (nSPS) is 18.3. The molecule has 0 bridgehead atoms. The third-order valence-electron chi connectivity index (χ3n) is 4.02. The number of nitrogens with zero attached hydrogens (tertiary/aromatic N) is 2. The Hall–Kier alpha value is -3.36. The quantitative estimate of drug-likeness (QED) is 0.521. The van der Waals surface area contributed by atoms with Crippen LogP contribution >= 0.6 is 0 Å². The molecule has 0 aliphatic carbocycles. The molecule has 0 radical (unpaired) electrons. The van der Waals surface area contributed by atoms with E-state index in [0.717, 1.165) is 12.1 Å². The van der Waals surface area contributed by atoms with Gasteiger partial charge in [0, 0.05) is 13.0 Å². The van der Waals surface area contributed by atoms with Crippen LogP contribution < -0.4 is 25.3 Å². The fourth-order valence-electron chi connectivity index (χ4n) is 2.73. The number of hydrogen-bond acceptors (Lipinski definition) is 7. The number of carbonyl (C=O) groups is 1. The fourth-order valence-corrected chi connectivity index (χ4v) is 3.72. The van der Waals surface area contributed by atoms with Gasteiger partial charge in [-0.15, -0.1) is 0 Å². The molecule has 0 spiro atoms. The highest BCUT2D eigenvalue weighted by Crippen LogP contribution is 2.37. The summed E-state index contributed by atoms with van der Waals surface area (Å²) in [7, 11) is -5.14. The molecule has 15 heteroatoms. The Balaban J connectivity index is 2.02. The summed E-state index contributed by atoms with van der Waals surface area (Å²) in [6, 6.07) is 2.95. The Morgan fingerprint density at radius 1 is 0.969 bits per heavy atom. The molecule has 1 aliphatic rings. The molecule has 8 nitrogen and oxygen atoms in total. The molecule has 172 valence electrons. The highest BCUT2D eigenvalue weighted by Gasteiger charge is 2.38. The maximum Gasteiger partial charge on any atom is 0.416 e. The first-order valence-electron chi connectivity index (χ1n) is 8.31. The second-order valence-electron chi connectivity index (χ2n) is 6.59. The molecule has 1 N–H and O–H groups in total. The van der Waals surface area contributed by atoms with Crippen molar-refractivity contribution in [1.82, 2.24) is 5.32 Å². The zero-order valence-electron chi connectivity index (χ0n) is 15.6. The lowest BCUT2D eigenvalue weighted by Gasteiger charge is -2.20. The fraction of sp³-hybridized carbons (Fsp3) is 0.235.